The molecule has 0 saturated carbocycles. The zero-order valence-corrected chi connectivity index (χ0v) is 7.83. The molecule has 3 unspecified atom stereocenters. The molecular formula is C4H10N2O3P2. The van der Waals surface area contributed by atoms with Crippen molar-refractivity contribution in [2.45, 2.75) is 17.9 Å². The second-order valence-electron chi connectivity index (χ2n) is 2.60. The van der Waals surface area contributed by atoms with Gasteiger partial charge in [-0.1, -0.05) is 0 Å². The fourth-order valence-corrected chi connectivity index (χ4v) is 2.21. The lowest BCUT2D eigenvalue weighted by Crippen LogP contribution is -2.44. The SMILES string of the molecule is NC1(P)CCC(=O)NP1(=O)O. The summed E-state index contributed by atoms with van der Waals surface area (Å²) >= 11 is 0. The maximum absolute atomic E-state index is 11.2. The first-order chi connectivity index (χ1) is 4.85. The van der Waals surface area contributed by atoms with Gasteiger partial charge in [0.25, 0.3) is 0 Å². The molecule has 0 bridgehead atoms. The summed E-state index contributed by atoms with van der Waals surface area (Å²) in [5, 5.41) is 0.723. The minimum atomic E-state index is -3.70. The number of nitrogens with one attached hydrogen (secondary N) is 1. The normalized spacial score (nSPS) is 45.2. The lowest BCUT2D eigenvalue weighted by atomic mass is 10.3. The van der Waals surface area contributed by atoms with Gasteiger partial charge in [-0.15, -0.1) is 9.24 Å². The van der Waals surface area contributed by atoms with Gasteiger partial charge in [-0.2, -0.15) is 0 Å². The highest BCUT2D eigenvalue weighted by Gasteiger charge is 2.45. The Hall–Kier alpha value is 0.0500. The summed E-state index contributed by atoms with van der Waals surface area (Å²) in [5.41, 5.74) is 5.45. The Morgan fingerprint density at radius 2 is 2.36 bits per heavy atom. The van der Waals surface area contributed by atoms with Crippen LogP contribution in [-0.4, -0.2) is 15.8 Å². The summed E-state index contributed by atoms with van der Waals surface area (Å²) in [7, 11) is -1.61. The van der Waals surface area contributed by atoms with Crippen molar-refractivity contribution in [3.8, 4) is 0 Å². The molecule has 1 heterocycles. The lowest BCUT2D eigenvalue weighted by molar-refractivity contribution is -0.120. The molecule has 0 aromatic rings. The minimum absolute atomic E-state index is 0.199. The van der Waals surface area contributed by atoms with Gasteiger partial charge in [0, 0.05) is 6.42 Å². The number of rotatable bonds is 0. The molecule has 0 aromatic carbocycles. The van der Waals surface area contributed by atoms with E-state index in [-0.39, 0.29) is 12.8 Å². The second kappa shape index (κ2) is 2.53. The molecule has 1 aliphatic heterocycles. The van der Waals surface area contributed by atoms with E-state index >= 15 is 0 Å². The molecule has 0 radical (unpaired) electrons. The van der Waals surface area contributed by atoms with Gasteiger partial charge in [0.15, 0.2) is 0 Å². The van der Waals surface area contributed by atoms with Crippen LogP contribution in [-0.2, 0) is 9.36 Å². The Bertz CT molecular complexity index is 239. The van der Waals surface area contributed by atoms with E-state index in [2.05, 4.69) is 9.24 Å². The molecule has 4 N–H and O–H groups in total. The van der Waals surface area contributed by atoms with Crippen LogP contribution in [0, 0.1) is 0 Å². The van der Waals surface area contributed by atoms with Gasteiger partial charge in [-0.05, 0) is 6.42 Å². The van der Waals surface area contributed by atoms with E-state index < -0.39 is 18.4 Å². The van der Waals surface area contributed by atoms with Crippen molar-refractivity contribution >= 4 is 22.7 Å². The van der Waals surface area contributed by atoms with Crippen molar-refractivity contribution in [3.05, 3.63) is 0 Å². The maximum Gasteiger partial charge on any atom is 0.316 e. The van der Waals surface area contributed by atoms with Crippen LogP contribution in [0.3, 0.4) is 0 Å². The van der Waals surface area contributed by atoms with Crippen LogP contribution in [0.25, 0.3) is 0 Å². The molecule has 5 nitrogen and oxygen atoms in total. The summed E-state index contributed by atoms with van der Waals surface area (Å²) in [4.78, 5) is 19.8. The highest BCUT2D eigenvalue weighted by molar-refractivity contribution is 7.66. The average molecular weight is 196 g/mol. The molecule has 11 heavy (non-hydrogen) atoms. The third-order valence-electron chi connectivity index (χ3n) is 1.59. The first-order valence-corrected chi connectivity index (χ1v) is 5.31. The molecule has 0 aromatic heterocycles. The smallest absolute Gasteiger partial charge is 0.316 e. The van der Waals surface area contributed by atoms with Gasteiger partial charge < -0.3 is 10.6 Å². The molecular weight excluding hydrogens is 186 g/mol. The number of amides is 1. The van der Waals surface area contributed by atoms with Crippen molar-refractivity contribution in [2.24, 2.45) is 5.73 Å². The first kappa shape index (κ1) is 9.14. The van der Waals surface area contributed by atoms with Gasteiger partial charge in [0.05, 0.1) is 0 Å². The van der Waals surface area contributed by atoms with Crippen molar-refractivity contribution in [3.63, 3.8) is 0 Å². The molecule has 3 atom stereocenters. The van der Waals surface area contributed by atoms with Crippen molar-refractivity contribution in [2.75, 3.05) is 0 Å². The van der Waals surface area contributed by atoms with E-state index in [0.29, 0.717) is 0 Å². The Morgan fingerprint density at radius 3 is 2.73 bits per heavy atom. The third-order valence-corrected chi connectivity index (χ3v) is 4.84. The molecule has 0 spiro atoms. The molecule has 1 saturated heterocycles. The zero-order chi connectivity index (χ0) is 8.70. The van der Waals surface area contributed by atoms with Gasteiger partial charge in [-0.25, -0.2) is 0 Å². The Morgan fingerprint density at radius 1 is 1.82 bits per heavy atom. The molecule has 1 rings (SSSR count). The van der Waals surface area contributed by atoms with Crippen LogP contribution < -0.4 is 10.8 Å². The van der Waals surface area contributed by atoms with E-state index in [1.165, 1.54) is 0 Å². The van der Waals surface area contributed by atoms with Gasteiger partial charge in [-0.3, -0.25) is 14.4 Å². The van der Waals surface area contributed by atoms with Crippen molar-refractivity contribution in [1.29, 1.82) is 0 Å². The molecule has 1 aliphatic rings. The van der Waals surface area contributed by atoms with E-state index in [9.17, 15) is 9.36 Å². The molecule has 1 fully saturated rings. The van der Waals surface area contributed by atoms with Crippen LogP contribution >= 0.6 is 16.8 Å². The van der Waals surface area contributed by atoms with E-state index in [1.54, 1.807) is 0 Å². The van der Waals surface area contributed by atoms with Crippen molar-refractivity contribution in [1.82, 2.24) is 5.09 Å². The number of carbonyl (C=O) groups is 1. The van der Waals surface area contributed by atoms with Crippen LogP contribution in [0.1, 0.15) is 12.8 Å². The summed E-state index contributed by atoms with van der Waals surface area (Å²) < 4.78 is 11.2. The Balaban J connectivity index is 2.90. The monoisotopic (exact) mass is 196 g/mol. The summed E-state index contributed by atoms with van der Waals surface area (Å²) in [5.74, 6) is -0.417. The van der Waals surface area contributed by atoms with Crippen molar-refractivity contribution < 1.29 is 14.3 Å². The maximum atomic E-state index is 11.2. The molecule has 1 amide bonds. The number of nitrogens with two attached hydrogens (primary N) is 1. The zero-order valence-electron chi connectivity index (χ0n) is 5.78. The standard InChI is InChI=1S/C4H10N2O3P2/c5-4(10)2-1-3(7)6-11(4,8)9/h1-2,5,10H2,(H2,6,7,8,9). The third kappa shape index (κ3) is 1.62. The number of carbonyl (C=O) groups excluding carboxylic acids is 1. The highest BCUT2D eigenvalue weighted by atomic mass is 31.2. The largest absolute Gasteiger partial charge is 0.328 e. The van der Waals surface area contributed by atoms with E-state index in [0.717, 1.165) is 0 Å². The van der Waals surface area contributed by atoms with Crippen LogP contribution in [0.15, 0.2) is 0 Å². The summed E-state index contributed by atoms with van der Waals surface area (Å²) in [6, 6.07) is 0. The average Bonchev–Trinajstić information content (AvgIpc) is 1.80. The number of hydrogen-bond donors (Lipinski definition) is 3. The Labute approximate surface area is 66.4 Å². The molecule has 7 heteroatoms. The van der Waals surface area contributed by atoms with Gasteiger partial charge in [0.2, 0.25) is 5.91 Å². The second-order valence-corrected chi connectivity index (χ2v) is 6.33. The quantitative estimate of drug-likeness (QED) is 0.458. The van der Waals surface area contributed by atoms with Gasteiger partial charge in [0.1, 0.15) is 5.02 Å². The predicted molar refractivity (Wildman–Crippen MR) is 43.8 cm³/mol. The van der Waals surface area contributed by atoms with Crippen LogP contribution in [0.4, 0.5) is 0 Å². The summed E-state index contributed by atoms with van der Waals surface area (Å²) in [6.45, 7) is 0. The lowest BCUT2D eigenvalue weighted by Gasteiger charge is -2.33. The van der Waals surface area contributed by atoms with E-state index in [1.807, 2.05) is 5.09 Å². The van der Waals surface area contributed by atoms with Crippen LogP contribution in [0.5, 0.6) is 0 Å². The van der Waals surface area contributed by atoms with Crippen LogP contribution in [0.2, 0.25) is 0 Å². The first-order valence-electron chi connectivity index (χ1n) is 3.07. The van der Waals surface area contributed by atoms with E-state index in [4.69, 9.17) is 10.6 Å². The molecule has 64 valence electrons. The fraction of sp³-hybridized carbons (Fsp3) is 0.750. The highest BCUT2D eigenvalue weighted by Crippen LogP contribution is 2.55. The predicted octanol–water partition coefficient (Wildman–Crippen LogP) is -0.431. The Kier molecular flexibility index (Phi) is 2.10. The summed E-state index contributed by atoms with van der Waals surface area (Å²) in [6.07, 6.45) is 0.418. The number of hydrogen-bond acceptors (Lipinski definition) is 3. The fourth-order valence-electron chi connectivity index (χ4n) is 0.794. The topological polar surface area (TPSA) is 92.4 Å². The van der Waals surface area contributed by atoms with Gasteiger partial charge >= 0.3 is 7.52 Å². The molecule has 0 aliphatic carbocycles. The minimum Gasteiger partial charge on any atom is -0.328 e.